The molecule has 2 heterocycles. The van der Waals surface area contributed by atoms with Gasteiger partial charge in [0.1, 0.15) is 0 Å². The minimum atomic E-state index is -0.977. The molecular formula is C10H15N3O2. The zero-order chi connectivity index (χ0) is 10.9. The van der Waals surface area contributed by atoms with Gasteiger partial charge >= 0.3 is 5.97 Å². The number of aromatic nitrogens is 2. The van der Waals surface area contributed by atoms with E-state index in [1.165, 1.54) is 0 Å². The Balaban J connectivity index is 2.23. The number of hydrogen-bond donors (Lipinski definition) is 3. The van der Waals surface area contributed by atoms with Gasteiger partial charge in [-0.1, -0.05) is 6.92 Å². The summed E-state index contributed by atoms with van der Waals surface area (Å²) in [6.45, 7) is 4.09. The molecule has 15 heavy (non-hydrogen) atoms. The third kappa shape index (κ3) is 1.87. The van der Waals surface area contributed by atoms with Gasteiger partial charge in [0.05, 0.1) is 0 Å². The number of H-pyrrole nitrogens is 1. The Morgan fingerprint density at radius 2 is 2.20 bits per heavy atom. The average Bonchev–Trinajstić information content (AvgIpc) is 2.68. The van der Waals surface area contributed by atoms with E-state index in [0.29, 0.717) is 0 Å². The highest BCUT2D eigenvalue weighted by atomic mass is 16.4. The second-order valence-electron chi connectivity index (χ2n) is 4.28. The summed E-state index contributed by atoms with van der Waals surface area (Å²) in [5.74, 6) is -0.977. The number of carboxylic acids is 1. The summed E-state index contributed by atoms with van der Waals surface area (Å²) in [5.41, 5.74) is 1.07. The average molecular weight is 209 g/mol. The first kappa shape index (κ1) is 10.2. The highest BCUT2D eigenvalue weighted by Crippen LogP contribution is 2.31. The number of nitrogens with one attached hydrogen (secondary N) is 2. The van der Waals surface area contributed by atoms with Crippen LogP contribution in [0.15, 0.2) is 6.07 Å². The van der Waals surface area contributed by atoms with Gasteiger partial charge in [0.15, 0.2) is 5.69 Å². The zero-order valence-electron chi connectivity index (χ0n) is 8.71. The molecule has 0 aliphatic carbocycles. The highest BCUT2D eigenvalue weighted by molar-refractivity contribution is 5.85. The van der Waals surface area contributed by atoms with Crippen molar-refractivity contribution in [2.75, 3.05) is 13.1 Å². The lowest BCUT2D eigenvalue weighted by Gasteiger charge is -2.32. The Hall–Kier alpha value is -1.36. The molecule has 0 atom stereocenters. The second kappa shape index (κ2) is 3.66. The van der Waals surface area contributed by atoms with E-state index in [-0.39, 0.29) is 11.1 Å². The fourth-order valence-corrected chi connectivity index (χ4v) is 1.99. The summed E-state index contributed by atoms with van der Waals surface area (Å²) < 4.78 is 0. The second-order valence-corrected chi connectivity index (χ2v) is 4.28. The van der Waals surface area contributed by atoms with Gasteiger partial charge in [-0.3, -0.25) is 5.10 Å². The van der Waals surface area contributed by atoms with E-state index in [9.17, 15) is 4.79 Å². The number of rotatable bonds is 2. The van der Waals surface area contributed by atoms with Crippen molar-refractivity contribution in [3.63, 3.8) is 0 Å². The lowest BCUT2D eigenvalue weighted by Crippen LogP contribution is -2.37. The van der Waals surface area contributed by atoms with Gasteiger partial charge in [0.25, 0.3) is 0 Å². The standard InChI is InChI=1S/C10H15N3O2/c1-10(2-4-11-5-3-10)8-6-7(9(14)15)12-13-8/h6,11H,2-5H2,1H3,(H,12,13)(H,14,15). The number of carboxylic acid groups (broad SMARTS) is 1. The molecule has 1 fully saturated rings. The largest absolute Gasteiger partial charge is 0.476 e. The van der Waals surface area contributed by atoms with Crippen LogP contribution in [0.3, 0.4) is 0 Å². The maximum atomic E-state index is 10.7. The number of carbonyl (C=O) groups is 1. The summed E-state index contributed by atoms with van der Waals surface area (Å²) in [4.78, 5) is 10.7. The Morgan fingerprint density at radius 1 is 1.53 bits per heavy atom. The molecule has 0 unspecified atom stereocenters. The molecule has 1 saturated heterocycles. The summed E-state index contributed by atoms with van der Waals surface area (Å²) >= 11 is 0. The Labute approximate surface area is 87.9 Å². The molecule has 5 heteroatoms. The topological polar surface area (TPSA) is 78.0 Å². The van der Waals surface area contributed by atoms with Crippen LogP contribution < -0.4 is 5.32 Å². The summed E-state index contributed by atoms with van der Waals surface area (Å²) in [6, 6.07) is 1.65. The van der Waals surface area contributed by atoms with Crippen LogP contribution in [0, 0.1) is 0 Å². The number of hydrogen-bond acceptors (Lipinski definition) is 3. The van der Waals surface area contributed by atoms with Gasteiger partial charge < -0.3 is 10.4 Å². The van der Waals surface area contributed by atoms with Crippen LogP contribution >= 0.6 is 0 Å². The number of aromatic amines is 1. The summed E-state index contributed by atoms with van der Waals surface area (Å²) in [7, 11) is 0. The maximum Gasteiger partial charge on any atom is 0.356 e. The van der Waals surface area contributed by atoms with Crippen molar-refractivity contribution < 1.29 is 9.90 Å². The highest BCUT2D eigenvalue weighted by Gasteiger charge is 2.31. The van der Waals surface area contributed by atoms with Crippen molar-refractivity contribution in [1.82, 2.24) is 15.5 Å². The van der Waals surface area contributed by atoms with E-state index in [1.807, 2.05) is 0 Å². The minimum Gasteiger partial charge on any atom is -0.476 e. The number of aromatic carboxylic acids is 1. The molecule has 0 aromatic carbocycles. The molecule has 0 saturated carbocycles. The van der Waals surface area contributed by atoms with Crippen LogP contribution in [0.2, 0.25) is 0 Å². The third-order valence-corrected chi connectivity index (χ3v) is 3.15. The summed E-state index contributed by atoms with van der Waals surface area (Å²) in [5, 5.41) is 18.7. The molecular weight excluding hydrogens is 194 g/mol. The SMILES string of the molecule is CC1(c2cc(C(=O)O)n[nH]2)CCNCC1. The molecule has 0 bridgehead atoms. The molecule has 5 nitrogen and oxygen atoms in total. The van der Waals surface area contributed by atoms with E-state index in [2.05, 4.69) is 22.4 Å². The van der Waals surface area contributed by atoms with Crippen LogP contribution in [0.4, 0.5) is 0 Å². The first-order valence-electron chi connectivity index (χ1n) is 5.12. The van der Waals surface area contributed by atoms with Crippen LogP contribution in [-0.4, -0.2) is 34.4 Å². The number of piperidine rings is 1. The van der Waals surface area contributed by atoms with Crippen molar-refractivity contribution >= 4 is 5.97 Å². The lowest BCUT2D eigenvalue weighted by molar-refractivity contribution is 0.0690. The lowest BCUT2D eigenvalue weighted by atomic mass is 9.78. The van der Waals surface area contributed by atoms with Crippen molar-refractivity contribution in [3.8, 4) is 0 Å². The van der Waals surface area contributed by atoms with Gasteiger partial charge in [-0.15, -0.1) is 0 Å². The molecule has 1 aliphatic rings. The van der Waals surface area contributed by atoms with E-state index in [1.54, 1.807) is 6.07 Å². The number of nitrogens with zero attached hydrogens (tertiary/aromatic N) is 1. The van der Waals surface area contributed by atoms with Crippen LogP contribution in [0.25, 0.3) is 0 Å². The van der Waals surface area contributed by atoms with Gasteiger partial charge in [0, 0.05) is 11.1 Å². The quantitative estimate of drug-likeness (QED) is 0.671. The van der Waals surface area contributed by atoms with E-state index in [4.69, 9.17) is 5.11 Å². The summed E-state index contributed by atoms with van der Waals surface area (Å²) in [6.07, 6.45) is 2.02. The fourth-order valence-electron chi connectivity index (χ4n) is 1.99. The molecule has 0 radical (unpaired) electrons. The molecule has 82 valence electrons. The molecule has 0 spiro atoms. The molecule has 3 N–H and O–H groups in total. The minimum absolute atomic E-state index is 0.0337. The molecule has 2 rings (SSSR count). The van der Waals surface area contributed by atoms with Crippen molar-refractivity contribution in [3.05, 3.63) is 17.5 Å². The van der Waals surface area contributed by atoms with Crippen LogP contribution in [0.1, 0.15) is 35.9 Å². The predicted octanol–water partition coefficient (Wildman–Crippen LogP) is 0.749. The van der Waals surface area contributed by atoms with Gasteiger partial charge in [0.2, 0.25) is 0 Å². The normalized spacial score (nSPS) is 20.1. The Bertz CT molecular complexity index is 366. The monoisotopic (exact) mass is 209 g/mol. The van der Waals surface area contributed by atoms with Crippen LogP contribution in [0.5, 0.6) is 0 Å². The van der Waals surface area contributed by atoms with Crippen molar-refractivity contribution in [2.24, 2.45) is 0 Å². The van der Waals surface area contributed by atoms with Gasteiger partial charge in [-0.2, -0.15) is 5.10 Å². The maximum absolute atomic E-state index is 10.7. The molecule has 1 aromatic heterocycles. The molecule has 0 amide bonds. The first-order valence-corrected chi connectivity index (χ1v) is 5.12. The van der Waals surface area contributed by atoms with Gasteiger partial charge in [-0.05, 0) is 32.0 Å². The van der Waals surface area contributed by atoms with Crippen molar-refractivity contribution in [2.45, 2.75) is 25.2 Å². The third-order valence-electron chi connectivity index (χ3n) is 3.15. The smallest absolute Gasteiger partial charge is 0.356 e. The van der Waals surface area contributed by atoms with E-state index < -0.39 is 5.97 Å². The Kier molecular flexibility index (Phi) is 2.48. The zero-order valence-corrected chi connectivity index (χ0v) is 8.71. The van der Waals surface area contributed by atoms with E-state index >= 15 is 0 Å². The predicted molar refractivity (Wildman–Crippen MR) is 55.0 cm³/mol. The van der Waals surface area contributed by atoms with Crippen LogP contribution in [-0.2, 0) is 5.41 Å². The molecule has 1 aromatic rings. The van der Waals surface area contributed by atoms with E-state index in [0.717, 1.165) is 31.6 Å². The first-order chi connectivity index (χ1) is 7.12. The Morgan fingerprint density at radius 3 is 2.73 bits per heavy atom. The van der Waals surface area contributed by atoms with Crippen molar-refractivity contribution in [1.29, 1.82) is 0 Å². The van der Waals surface area contributed by atoms with Gasteiger partial charge in [-0.25, -0.2) is 4.79 Å². The molecule has 1 aliphatic heterocycles. The fraction of sp³-hybridized carbons (Fsp3) is 0.600.